The van der Waals surface area contributed by atoms with Crippen LogP contribution in [-0.2, 0) is 35.1 Å². The van der Waals surface area contributed by atoms with Crippen LogP contribution in [0.15, 0.2) is 24.3 Å². The van der Waals surface area contributed by atoms with Crippen molar-refractivity contribution in [1.29, 1.82) is 0 Å². The second-order valence-electron chi connectivity index (χ2n) is 7.71. The molecule has 13 heteroatoms. The molecule has 194 valence electrons. The normalized spacial score (nSPS) is 13.0. The maximum absolute atomic E-state index is 12.7. The minimum Gasteiger partial charge on any atom is -0.508 e. The van der Waals surface area contributed by atoms with E-state index in [-0.39, 0.29) is 38.2 Å². The number of phenolic OH excluding ortho intramolecular Hbond substituents is 1. The van der Waals surface area contributed by atoms with Gasteiger partial charge in [-0.3, -0.25) is 24.0 Å². The van der Waals surface area contributed by atoms with E-state index in [1.807, 2.05) is 0 Å². The van der Waals surface area contributed by atoms with Gasteiger partial charge in [0.2, 0.25) is 23.6 Å². The SMILES string of the molecule is COC(=O)CC(S)CNC(=O)CNC(=O)[C@H](CN)NC(=O)[C@H](CCc1ccc(O)cc1)NC(C)=O. The van der Waals surface area contributed by atoms with E-state index in [9.17, 15) is 29.1 Å². The molecule has 35 heavy (non-hydrogen) atoms. The fourth-order valence-corrected chi connectivity index (χ4v) is 3.16. The van der Waals surface area contributed by atoms with E-state index in [2.05, 4.69) is 38.6 Å². The van der Waals surface area contributed by atoms with Crippen molar-refractivity contribution in [2.24, 2.45) is 5.73 Å². The first kappa shape index (κ1) is 29.7. The number of aromatic hydroxyl groups is 1. The highest BCUT2D eigenvalue weighted by molar-refractivity contribution is 7.81. The van der Waals surface area contributed by atoms with Crippen LogP contribution in [0, 0.1) is 0 Å². The number of carbonyl (C=O) groups excluding carboxylic acids is 5. The maximum Gasteiger partial charge on any atom is 0.306 e. The van der Waals surface area contributed by atoms with Gasteiger partial charge in [-0.15, -0.1) is 0 Å². The van der Waals surface area contributed by atoms with Crippen LogP contribution in [0.2, 0.25) is 0 Å². The molecule has 0 aliphatic carbocycles. The van der Waals surface area contributed by atoms with Crippen molar-refractivity contribution < 1.29 is 33.8 Å². The zero-order chi connectivity index (χ0) is 26.4. The lowest BCUT2D eigenvalue weighted by molar-refractivity contribution is -0.140. The monoisotopic (exact) mass is 511 g/mol. The molecule has 3 atom stereocenters. The summed E-state index contributed by atoms with van der Waals surface area (Å²) in [6.07, 6.45) is 0.685. The lowest BCUT2D eigenvalue weighted by atomic mass is 10.0. The summed E-state index contributed by atoms with van der Waals surface area (Å²) in [6, 6.07) is 4.38. The molecular formula is C22H33N5O7S. The molecule has 12 nitrogen and oxygen atoms in total. The van der Waals surface area contributed by atoms with E-state index in [0.717, 1.165) is 5.56 Å². The number of carbonyl (C=O) groups is 5. The van der Waals surface area contributed by atoms with E-state index in [1.54, 1.807) is 12.1 Å². The third kappa shape index (κ3) is 12.1. The number of esters is 1. The lowest BCUT2D eigenvalue weighted by Gasteiger charge is -2.22. The second kappa shape index (κ2) is 15.6. The molecular weight excluding hydrogens is 478 g/mol. The first-order valence-electron chi connectivity index (χ1n) is 10.9. The number of phenols is 1. The van der Waals surface area contributed by atoms with E-state index in [4.69, 9.17) is 5.73 Å². The average molecular weight is 512 g/mol. The molecule has 0 heterocycles. The van der Waals surface area contributed by atoms with Crippen molar-refractivity contribution >= 4 is 42.2 Å². The first-order chi connectivity index (χ1) is 16.5. The molecule has 0 aromatic heterocycles. The number of rotatable bonds is 14. The summed E-state index contributed by atoms with van der Waals surface area (Å²) in [6.45, 7) is 0.748. The Labute approximate surface area is 209 Å². The van der Waals surface area contributed by atoms with Crippen LogP contribution >= 0.6 is 12.6 Å². The quantitative estimate of drug-likeness (QED) is 0.114. The Bertz CT molecular complexity index is 881. The summed E-state index contributed by atoms with van der Waals surface area (Å²) in [4.78, 5) is 59.9. The van der Waals surface area contributed by atoms with Crippen LogP contribution in [0.5, 0.6) is 5.75 Å². The van der Waals surface area contributed by atoms with Gasteiger partial charge in [0, 0.05) is 25.3 Å². The number of nitrogens with one attached hydrogen (secondary N) is 4. The lowest BCUT2D eigenvalue weighted by Crippen LogP contribution is -2.56. The van der Waals surface area contributed by atoms with Crippen molar-refractivity contribution in [2.75, 3.05) is 26.7 Å². The molecule has 0 radical (unpaired) electrons. The van der Waals surface area contributed by atoms with Gasteiger partial charge in [0.25, 0.3) is 0 Å². The Morgan fingerprint density at radius 1 is 1.03 bits per heavy atom. The topological polar surface area (TPSA) is 189 Å². The first-order valence-corrected chi connectivity index (χ1v) is 11.4. The number of thiol groups is 1. The third-order valence-corrected chi connectivity index (χ3v) is 5.17. The highest BCUT2D eigenvalue weighted by Gasteiger charge is 2.25. The van der Waals surface area contributed by atoms with Crippen molar-refractivity contribution in [3.05, 3.63) is 29.8 Å². The second-order valence-corrected chi connectivity index (χ2v) is 8.44. The summed E-state index contributed by atoms with van der Waals surface area (Å²) >= 11 is 4.17. The van der Waals surface area contributed by atoms with Crippen LogP contribution in [0.1, 0.15) is 25.3 Å². The molecule has 0 fully saturated rings. The number of hydrogen-bond donors (Lipinski definition) is 7. The fourth-order valence-electron chi connectivity index (χ4n) is 2.92. The number of amides is 4. The van der Waals surface area contributed by atoms with E-state index in [0.29, 0.717) is 6.42 Å². The zero-order valence-corrected chi connectivity index (χ0v) is 20.6. The van der Waals surface area contributed by atoms with Gasteiger partial charge in [0.05, 0.1) is 20.1 Å². The molecule has 4 amide bonds. The minimum atomic E-state index is -1.13. The number of nitrogens with two attached hydrogens (primary N) is 1. The van der Waals surface area contributed by atoms with Crippen LogP contribution in [-0.4, -0.2) is 78.8 Å². The molecule has 1 rings (SSSR count). The van der Waals surface area contributed by atoms with E-state index < -0.39 is 46.9 Å². The highest BCUT2D eigenvalue weighted by Crippen LogP contribution is 2.12. The molecule has 0 aliphatic heterocycles. The molecule has 1 aromatic rings. The predicted octanol–water partition coefficient (Wildman–Crippen LogP) is -1.63. The largest absolute Gasteiger partial charge is 0.508 e. The summed E-state index contributed by atoms with van der Waals surface area (Å²) in [7, 11) is 1.25. The van der Waals surface area contributed by atoms with Crippen LogP contribution in [0.25, 0.3) is 0 Å². The van der Waals surface area contributed by atoms with Crippen molar-refractivity contribution in [2.45, 2.75) is 43.5 Å². The maximum atomic E-state index is 12.7. The number of ether oxygens (including phenoxy) is 1. The van der Waals surface area contributed by atoms with Gasteiger partial charge >= 0.3 is 5.97 Å². The number of benzene rings is 1. The highest BCUT2D eigenvalue weighted by atomic mass is 32.1. The Hall–Kier alpha value is -3.32. The molecule has 1 aromatic carbocycles. The summed E-state index contributed by atoms with van der Waals surface area (Å²) in [5, 5.41) is 18.9. The molecule has 0 saturated heterocycles. The van der Waals surface area contributed by atoms with Crippen molar-refractivity contribution in [1.82, 2.24) is 21.3 Å². The van der Waals surface area contributed by atoms with Gasteiger partial charge in [-0.05, 0) is 30.5 Å². The molecule has 7 N–H and O–H groups in total. The Kier molecular flexibility index (Phi) is 13.2. The van der Waals surface area contributed by atoms with Crippen LogP contribution < -0.4 is 27.0 Å². The number of aryl methyl sites for hydroxylation is 1. The predicted molar refractivity (Wildman–Crippen MR) is 130 cm³/mol. The summed E-state index contributed by atoms with van der Waals surface area (Å²) < 4.78 is 4.52. The summed E-state index contributed by atoms with van der Waals surface area (Å²) in [5.74, 6) is -2.56. The molecule has 0 saturated carbocycles. The van der Waals surface area contributed by atoms with Gasteiger partial charge in [-0.25, -0.2) is 0 Å². The smallest absolute Gasteiger partial charge is 0.306 e. The summed E-state index contributed by atoms with van der Waals surface area (Å²) in [5.41, 5.74) is 6.47. The van der Waals surface area contributed by atoms with Gasteiger partial charge in [0.15, 0.2) is 0 Å². The molecule has 1 unspecified atom stereocenters. The minimum absolute atomic E-state index is 0.00966. The Balaban J connectivity index is 2.57. The van der Waals surface area contributed by atoms with Gasteiger partial charge < -0.3 is 36.8 Å². The molecule has 0 aliphatic rings. The average Bonchev–Trinajstić information content (AvgIpc) is 2.82. The number of hydrogen-bond acceptors (Lipinski definition) is 9. The fraction of sp³-hybridized carbons (Fsp3) is 0.500. The van der Waals surface area contributed by atoms with Gasteiger partial charge in [0.1, 0.15) is 17.8 Å². The molecule has 0 bridgehead atoms. The van der Waals surface area contributed by atoms with Crippen LogP contribution in [0.3, 0.4) is 0 Å². The standard InChI is InChI=1S/C22H33N5O7S/c1-13(28)26-17(8-5-14-3-6-15(29)7-4-14)22(33)27-18(10-23)21(32)25-12-19(30)24-11-16(35)9-20(31)34-2/h3-4,6-7,16-18,29,35H,5,8-12,23H2,1-2H3,(H,24,30)(H,25,32)(H,26,28)(H,27,33)/t16?,17-,18-/m0/s1. The molecule has 0 spiro atoms. The van der Waals surface area contributed by atoms with Crippen molar-refractivity contribution in [3.8, 4) is 5.75 Å². The zero-order valence-electron chi connectivity index (χ0n) is 19.7. The number of methoxy groups -OCH3 is 1. The van der Waals surface area contributed by atoms with E-state index in [1.165, 1.54) is 26.2 Å². The van der Waals surface area contributed by atoms with Gasteiger partial charge in [-0.1, -0.05) is 12.1 Å². The third-order valence-electron chi connectivity index (χ3n) is 4.81. The van der Waals surface area contributed by atoms with Crippen molar-refractivity contribution in [3.63, 3.8) is 0 Å². The van der Waals surface area contributed by atoms with Crippen LogP contribution in [0.4, 0.5) is 0 Å². The Morgan fingerprint density at radius 2 is 1.69 bits per heavy atom. The van der Waals surface area contributed by atoms with Gasteiger partial charge in [-0.2, -0.15) is 12.6 Å². The van der Waals surface area contributed by atoms with E-state index >= 15 is 0 Å². The Morgan fingerprint density at radius 3 is 2.26 bits per heavy atom.